The Morgan fingerprint density at radius 2 is 1.96 bits per heavy atom. The van der Waals surface area contributed by atoms with Crippen molar-refractivity contribution >= 4 is 23.5 Å². The molecule has 3 aliphatic rings. The maximum absolute atomic E-state index is 13.5. The minimum atomic E-state index is -0.735. The van der Waals surface area contributed by atoms with Gasteiger partial charge in [0, 0.05) is 31.7 Å². The molecule has 4 rings (SSSR count). The zero-order chi connectivity index (χ0) is 19.3. The second kappa shape index (κ2) is 6.32. The van der Waals surface area contributed by atoms with Crippen LogP contribution in [0, 0.1) is 30.0 Å². The predicted molar refractivity (Wildman–Crippen MR) is 95.6 cm³/mol. The number of piperidine rings is 1. The fourth-order valence-corrected chi connectivity index (χ4v) is 4.60. The zero-order valence-electron chi connectivity index (χ0n) is 15.3. The number of aliphatic carboxylic acids is 1. The number of hydrogen-bond acceptors (Lipinski definition) is 3. The molecule has 0 aromatic heterocycles. The Bertz CT molecular complexity index is 816. The van der Waals surface area contributed by atoms with Crippen molar-refractivity contribution < 1.29 is 23.9 Å². The van der Waals surface area contributed by atoms with Gasteiger partial charge in [0.15, 0.2) is 0 Å². The second-order valence-corrected chi connectivity index (χ2v) is 8.12. The molecular formula is C20H23FN2O4. The van der Waals surface area contributed by atoms with Crippen molar-refractivity contribution in [1.29, 1.82) is 0 Å². The highest BCUT2D eigenvalue weighted by molar-refractivity contribution is 6.00. The highest BCUT2D eigenvalue weighted by atomic mass is 19.1. The highest BCUT2D eigenvalue weighted by Gasteiger charge is 2.59. The van der Waals surface area contributed by atoms with Crippen molar-refractivity contribution in [2.75, 3.05) is 24.5 Å². The first-order valence-electron chi connectivity index (χ1n) is 9.39. The summed E-state index contributed by atoms with van der Waals surface area (Å²) >= 11 is 0. The molecule has 2 unspecified atom stereocenters. The number of likely N-dealkylation sites (tertiary alicyclic amines) is 1. The van der Waals surface area contributed by atoms with Crippen molar-refractivity contribution in [3.8, 4) is 0 Å². The van der Waals surface area contributed by atoms with Gasteiger partial charge in [0.05, 0.1) is 11.8 Å². The van der Waals surface area contributed by atoms with E-state index in [-0.39, 0.29) is 35.4 Å². The number of carbonyl (C=O) groups excluding carboxylic acids is 2. The number of hydrogen-bond donors (Lipinski definition) is 1. The average molecular weight is 374 g/mol. The number of amides is 2. The molecule has 1 saturated carbocycles. The molecule has 2 heterocycles. The third-order valence-electron chi connectivity index (χ3n) is 6.49. The fourth-order valence-electron chi connectivity index (χ4n) is 4.60. The summed E-state index contributed by atoms with van der Waals surface area (Å²) in [5, 5.41) is 9.17. The molecule has 6 nitrogen and oxygen atoms in total. The average Bonchev–Trinajstić information content (AvgIpc) is 3.20. The van der Waals surface area contributed by atoms with E-state index in [1.54, 1.807) is 28.9 Å². The Morgan fingerprint density at radius 3 is 2.56 bits per heavy atom. The Labute approximate surface area is 156 Å². The summed E-state index contributed by atoms with van der Waals surface area (Å²) in [4.78, 5) is 39.8. The van der Waals surface area contributed by atoms with Crippen molar-refractivity contribution in [2.24, 2.45) is 17.3 Å². The summed E-state index contributed by atoms with van der Waals surface area (Å²) in [7, 11) is 0. The number of rotatable bonds is 3. The van der Waals surface area contributed by atoms with Crippen molar-refractivity contribution in [3.63, 3.8) is 0 Å². The molecule has 2 aliphatic heterocycles. The van der Waals surface area contributed by atoms with Gasteiger partial charge in [0.25, 0.3) is 0 Å². The molecule has 1 aliphatic carbocycles. The smallest absolute Gasteiger partial charge is 0.307 e. The monoisotopic (exact) mass is 374 g/mol. The molecule has 0 bridgehead atoms. The van der Waals surface area contributed by atoms with Gasteiger partial charge < -0.3 is 14.9 Å². The van der Waals surface area contributed by atoms with Crippen molar-refractivity contribution in [1.82, 2.24) is 4.90 Å². The van der Waals surface area contributed by atoms with Gasteiger partial charge in [-0.05, 0) is 55.4 Å². The number of nitrogens with zero attached hydrogens (tertiary/aromatic N) is 2. The van der Waals surface area contributed by atoms with Gasteiger partial charge in [0.1, 0.15) is 5.82 Å². The molecular weight excluding hydrogens is 351 g/mol. The number of carboxylic acid groups (broad SMARTS) is 1. The summed E-state index contributed by atoms with van der Waals surface area (Å²) in [6.45, 7) is 3.07. The van der Waals surface area contributed by atoms with E-state index >= 15 is 0 Å². The SMILES string of the molecule is Cc1cc(N2CC(C(=O)N3CCC4(CC3)CC4C(=O)O)CC2=O)ccc1F. The van der Waals surface area contributed by atoms with Crippen LogP contribution in [0.5, 0.6) is 0 Å². The minimum Gasteiger partial charge on any atom is -0.481 e. The molecule has 2 saturated heterocycles. The van der Waals surface area contributed by atoms with E-state index in [9.17, 15) is 23.9 Å². The van der Waals surface area contributed by atoms with E-state index < -0.39 is 11.9 Å². The van der Waals surface area contributed by atoms with E-state index in [1.807, 2.05) is 0 Å². The highest BCUT2D eigenvalue weighted by Crippen LogP contribution is 2.59. The lowest BCUT2D eigenvalue weighted by Gasteiger charge is -2.34. The Hall–Kier alpha value is -2.44. The van der Waals surface area contributed by atoms with Gasteiger partial charge >= 0.3 is 5.97 Å². The largest absolute Gasteiger partial charge is 0.481 e. The summed E-state index contributed by atoms with van der Waals surface area (Å²) in [6.07, 6.45) is 2.31. The molecule has 2 amide bonds. The van der Waals surface area contributed by atoms with Gasteiger partial charge in [-0.1, -0.05) is 0 Å². The maximum atomic E-state index is 13.5. The maximum Gasteiger partial charge on any atom is 0.307 e. The second-order valence-electron chi connectivity index (χ2n) is 8.12. The minimum absolute atomic E-state index is 0.0351. The van der Waals surface area contributed by atoms with Crippen LogP contribution in [0.4, 0.5) is 10.1 Å². The molecule has 0 radical (unpaired) electrons. The lowest BCUT2D eigenvalue weighted by Crippen LogP contribution is -2.43. The molecule has 1 aromatic rings. The summed E-state index contributed by atoms with van der Waals surface area (Å²) in [6, 6.07) is 4.53. The van der Waals surface area contributed by atoms with Gasteiger partial charge in [-0.2, -0.15) is 0 Å². The number of carbonyl (C=O) groups is 3. The fraction of sp³-hybridized carbons (Fsp3) is 0.550. The molecule has 3 fully saturated rings. The summed E-state index contributed by atoms with van der Waals surface area (Å²) in [5.41, 5.74) is 0.967. The van der Waals surface area contributed by atoms with Crippen LogP contribution in [0.1, 0.15) is 31.2 Å². The molecule has 144 valence electrons. The van der Waals surface area contributed by atoms with Crippen LogP contribution in [0.15, 0.2) is 18.2 Å². The normalized spacial score (nSPS) is 26.5. The Balaban J connectivity index is 1.38. The van der Waals surface area contributed by atoms with E-state index in [0.717, 1.165) is 12.8 Å². The lowest BCUT2D eigenvalue weighted by atomic mass is 9.90. The lowest BCUT2D eigenvalue weighted by molar-refractivity contribution is -0.140. The quantitative estimate of drug-likeness (QED) is 0.880. The van der Waals surface area contributed by atoms with Gasteiger partial charge in [-0.15, -0.1) is 0 Å². The van der Waals surface area contributed by atoms with Gasteiger partial charge in [-0.3, -0.25) is 14.4 Å². The predicted octanol–water partition coefficient (Wildman–Crippen LogP) is 2.20. The van der Waals surface area contributed by atoms with Gasteiger partial charge in [-0.25, -0.2) is 4.39 Å². The van der Waals surface area contributed by atoms with Crippen LogP contribution in [0.3, 0.4) is 0 Å². The number of aryl methyl sites for hydroxylation is 1. The van der Waals surface area contributed by atoms with Crippen LogP contribution in [0.2, 0.25) is 0 Å². The molecule has 2 atom stereocenters. The molecule has 27 heavy (non-hydrogen) atoms. The van der Waals surface area contributed by atoms with Crippen molar-refractivity contribution in [2.45, 2.75) is 32.6 Å². The number of benzene rings is 1. The molecule has 1 spiro atoms. The van der Waals surface area contributed by atoms with E-state index in [2.05, 4.69) is 0 Å². The first-order valence-corrected chi connectivity index (χ1v) is 9.39. The van der Waals surface area contributed by atoms with E-state index in [4.69, 9.17) is 0 Å². The number of carboxylic acids is 1. The van der Waals surface area contributed by atoms with Crippen LogP contribution >= 0.6 is 0 Å². The number of anilines is 1. The van der Waals surface area contributed by atoms with Crippen LogP contribution in [-0.4, -0.2) is 47.4 Å². The first kappa shape index (κ1) is 17.9. The molecule has 7 heteroatoms. The third-order valence-corrected chi connectivity index (χ3v) is 6.49. The van der Waals surface area contributed by atoms with Gasteiger partial charge in [0.2, 0.25) is 11.8 Å². The van der Waals surface area contributed by atoms with Crippen LogP contribution < -0.4 is 4.90 Å². The Kier molecular flexibility index (Phi) is 4.20. The summed E-state index contributed by atoms with van der Waals surface area (Å²) in [5.74, 6) is -1.87. The molecule has 1 aromatic carbocycles. The summed E-state index contributed by atoms with van der Waals surface area (Å²) < 4.78 is 13.5. The van der Waals surface area contributed by atoms with Crippen LogP contribution in [0.25, 0.3) is 0 Å². The zero-order valence-corrected chi connectivity index (χ0v) is 15.3. The van der Waals surface area contributed by atoms with E-state index in [0.29, 0.717) is 37.3 Å². The first-order chi connectivity index (χ1) is 12.8. The van der Waals surface area contributed by atoms with E-state index in [1.165, 1.54) is 6.07 Å². The topological polar surface area (TPSA) is 77.9 Å². The van der Waals surface area contributed by atoms with Crippen molar-refractivity contribution in [3.05, 3.63) is 29.6 Å². The third kappa shape index (κ3) is 3.09. The standard InChI is InChI=1S/C20H23FN2O4/c1-12-8-14(2-3-16(12)21)23-11-13(9-17(23)24)18(25)22-6-4-20(5-7-22)10-15(20)19(26)27/h2-3,8,13,15H,4-7,9-11H2,1H3,(H,26,27). The Morgan fingerprint density at radius 1 is 1.26 bits per heavy atom. The number of halogens is 1. The molecule has 1 N–H and O–H groups in total. The van der Waals surface area contributed by atoms with Crippen LogP contribution in [-0.2, 0) is 14.4 Å².